The third kappa shape index (κ3) is 2.41. The molecule has 2 N–H and O–H groups in total. The van der Waals surface area contributed by atoms with E-state index in [1.54, 1.807) is 0 Å². The standard InChI is InChI=1S/C15H22N2O/c1-11-4-5-13(8-12(11)2)14(18)17-7-6-15(3,9-16)10-17/h4-5,8H,6-7,9-10,16H2,1-3H3. The number of amides is 1. The first-order valence-corrected chi connectivity index (χ1v) is 6.52. The average molecular weight is 246 g/mol. The molecule has 0 saturated carbocycles. The number of aryl methyl sites for hydroxylation is 2. The molecule has 1 atom stereocenters. The summed E-state index contributed by atoms with van der Waals surface area (Å²) >= 11 is 0. The lowest BCUT2D eigenvalue weighted by Gasteiger charge is -2.22. The predicted octanol–water partition coefficient (Wildman–Crippen LogP) is 2.11. The van der Waals surface area contributed by atoms with Gasteiger partial charge in [-0.25, -0.2) is 0 Å². The summed E-state index contributed by atoms with van der Waals surface area (Å²) in [5.41, 5.74) is 9.05. The molecule has 0 spiro atoms. The van der Waals surface area contributed by atoms with Crippen molar-refractivity contribution in [3.05, 3.63) is 34.9 Å². The van der Waals surface area contributed by atoms with Gasteiger partial charge in [-0.3, -0.25) is 4.79 Å². The van der Waals surface area contributed by atoms with Crippen molar-refractivity contribution in [2.75, 3.05) is 19.6 Å². The Kier molecular flexibility index (Phi) is 3.44. The first-order chi connectivity index (χ1) is 8.45. The number of hydrogen-bond donors (Lipinski definition) is 1. The number of carbonyl (C=O) groups is 1. The molecule has 3 heteroatoms. The lowest BCUT2D eigenvalue weighted by molar-refractivity contribution is 0.0777. The van der Waals surface area contributed by atoms with Crippen LogP contribution in [0.2, 0.25) is 0 Å². The second-order valence-electron chi connectivity index (χ2n) is 5.79. The molecule has 1 unspecified atom stereocenters. The van der Waals surface area contributed by atoms with Gasteiger partial charge in [0.1, 0.15) is 0 Å². The quantitative estimate of drug-likeness (QED) is 0.868. The fourth-order valence-corrected chi connectivity index (χ4v) is 2.42. The van der Waals surface area contributed by atoms with E-state index in [2.05, 4.69) is 13.8 Å². The van der Waals surface area contributed by atoms with Crippen molar-refractivity contribution >= 4 is 5.91 Å². The van der Waals surface area contributed by atoms with Crippen LogP contribution in [0.3, 0.4) is 0 Å². The maximum Gasteiger partial charge on any atom is 0.253 e. The third-order valence-corrected chi connectivity index (χ3v) is 4.09. The fraction of sp³-hybridized carbons (Fsp3) is 0.533. The van der Waals surface area contributed by atoms with E-state index in [0.29, 0.717) is 6.54 Å². The van der Waals surface area contributed by atoms with Crippen molar-refractivity contribution in [2.45, 2.75) is 27.2 Å². The highest BCUT2D eigenvalue weighted by Crippen LogP contribution is 2.29. The molecule has 0 aromatic heterocycles. The topological polar surface area (TPSA) is 46.3 Å². The van der Waals surface area contributed by atoms with Crippen molar-refractivity contribution in [1.29, 1.82) is 0 Å². The number of benzene rings is 1. The normalized spacial score (nSPS) is 23.4. The largest absolute Gasteiger partial charge is 0.338 e. The Morgan fingerprint density at radius 2 is 2.11 bits per heavy atom. The monoisotopic (exact) mass is 246 g/mol. The van der Waals surface area contributed by atoms with E-state index < -0.39 is 0 Å². The van der Waals surface area contributed by atoms with Crippen LogP contribution < -0.4 is 5.73 Å². The Morgan fingerprint density at radius 1 is 1.39 bits per heavy atom. The Labute approximate surface area is 109 Å². The highest BCUT2D eigenvalue weighted by Gasteiger charge is 2.35. The van der Waals surface area contributed by atoms with E-state index in [0.717, 1.165) is 25.1 Å². The lowest BCUT2D eigenvalue weighted by atomic mass is 9.90. The molecule has 18 heavy (non-hydrogen) atoms. The maximum absolute atomic E-state index is 12.4. The summed E-state index contributed by atoms with van der Waals surface area (Å²) in [7, 11) is 0. The van der Waals surface area contributed by atoms with E-state index in [1.165, 1.54) is 11.1 Å². The second-order valence-corrected chi connectivity index (χ2v) is 5.79. The van der Waals surface area contributed by atoms with Gasteiger partial charge in [-0.05, 0) is 55.5 Å². The van der Waals surface area contributed by atoms with E-state index in [1.807, 2.05) is 30.0 Å². The first kappa shape index (κ1) is 13.1. The molecule has 1 aromatic carbocycles. The SMILES string of the molecule is Cc1ccc(C(=O)N2CCC(C)(CN)C2)cc1C. The van der Waals surface area contributed by atoms with Gasteiger partial charge in [-0.1, -0.05) is 13.0 Å². The minimum absolute atomic E-state index is 0.0927. The van der Waals surface area contributed by atoms with Gasteiger partial charge in [-0.2, -0.15) is 0 Å². The summed E-state index contributed by atoms with van der Waals surface area (Å²) in [6.07, 6.45) is 1.00. The van der Waals surface area contributed by atoms with Crippen molar-refractivity contribution in [1.82, 2.24) is 4.90 Å². The molecule has 1 aliphatic rings. The molecule has 2 rings (SSSR count). The summed E-state index contributed by atoms with van der Waals surface area (Å²) in [6, 6.07) is 5.92. The average Bonchev–Trinajstić information content (AvgIpc) is 2.75. The molecule has 3 nitrogen and oxygen atoms in total. The highest BCUT2D eigenvalue weighted by molar-refractivity contribution is 5.94. The molecule has 0 bridgehead atoms. The van der Waals surface area contributed by atoms with Gasteiger partial charge in [0.2, 0.25) is 0 Å². The summed E-state index contributed by atoms with van der Waals surface area (Å²) in [6.45, 7) is 8.49. The van der Waals surface area contributed by atoms with Crippen LogP contribution >= 0.6 is 0 Å². The maximum atomic E-state index is 12.4. The number of nitrogens with two attached hydrogens (primary N) is 1. The Bertz CT molecular complexity index is 470. The van der Waals surface area contributed by atoms with E-state index >= 15 is 0 Å². The van der Waals surface area contributed by atoms with Crippen molar-refractivity contribution < 1.29 is 4.79 Å². The summed E-state index contributed by atoms with van der Waals surface area (Å²) in [4.78, 5) is 14.3. The van der Waals surface area contributed by atoms with Gasteiger partial charge in [0, 0.05) is 18.7 Å². The molecular formula is C15H22N2O. The summed E-state index contributed by atoms with van der Waals surface area (Å²) < 4.78 is 0. The number of hydrogen-bond acceptors (Lipinski definition) is 2. The summed E-state index contributed by atoms with van der Waals surface area (Å²) in [5, 5.41) is 0. The first-order valence-electron chi connectivity index (χ1n) is 6.52. The zero-order chi connectivity index (χ0) is 13.3. The van der Waals surface area contributed by atoms with Crippen molar-refractivity contribution in [3.8, 4) is 0 Å². The van der Waals surface area contributed by atoms with E-state index in [-0.39, 0.29) is 11.3 Å². The van der Waals surface area contributed by atoms with Crippen LogP contribution in [0.15, 0.2) is 18.2 Å². The van der Waals surface area contributed by atoms with Gasteiger partial charge in [0.25, 0.3) is 5.91 Å². The molecule has 98 valence electrons. The molecular weight excluding hydrogens is 224 g/mol. The molecule has 1 aliphatic heterocycles. The Hall–Kier alpha value is -1.35. The van der Waals surface area contributed by atoms with Gasteiger partial charge in [0.15, 0.2) is 0 Å². The van der Waals surface area contributed by atoms with E-state index in [4.69, 9.17) is 5.73 Å². The summed E-state index contributed by atoms with van der Waals surface area (Å²) in [5.74, 6) is 0.135. The molecule has 1 saturated heterocycles. The van der Waals surface area contributed by atoms with Crippen molar-refractivity contribution in [3.63, 3.8) is 0 Å². The minimum atomic E-state index is 0.0927. The van der Waals surface area contributed by atoms with E-state index in [9.17, 15) is 4.79 Å². The van der Waals surface area contributed by atoms with Crippen molar-refractivity contribution in [2.24, 2.45) is 11.1 Å². The van der Waals surface area contributed by atoms with Crippen LogP contribution in [-0.4, -0.2) is 30.4 Å². The van der Waals surface area contributed by atoms with Gasteiger partial charge in [0.05, 0.1) is 0 Å². The fourth-order valence-electron chi connectivity index (χ4n) is 2.42. The number of rotatable bonds is 2. The van der Waals surface area contributed by atoms with Crippen LogP contribution in [0.1, 0.15) is 34.8 Å². The smallest absolute Gasteiger partial charge is 0.253 e. The van der Waals surface area contributed by atoms with Crippen LogP contribution in [0, 0.1) is 19.3 Å². The predicted molar refractivity (Wildman–Crippen MR) is 73.6 cm³/mol. The molecule has 0 aliphatic carbocycles. The number of likely N-dealkylation sites (tertiary alicyclic amines) is 1. The lowest BCUT2D eigenvalue weighted by Crippen LogP contribution is -2.34. The molecule has 0 radical (unpaired) electrons. The minimum Gasteiger partial charge on any atom is -0.338 e. The van der Waals surface area contributed by atoms with Crippen LogP contribution in [0.5, 0.6) is 0 Å². The third-order valence-electron chi connectivity index (χ3n) is 4.09. The Balaban J connectivity index is 2.15. The number of nitrogens with zero attached hydrogens (tertiary/aromatic N) is 1. The zero-order valence-electron chi connectivity index (χ0n) is 11.5. The second kappa shape index (κ2) is 4.73. The van der Waals surface area contributed by atoms with Gasteiger partial charge in [-0.15, -0.1) is 0 Å². The van der Waals surface area contributed by atoms with Crippen LogP contribution in [-0.2, 0) is 0 Å². The highest BCUT2D eigenvalue weighted by atomic mass is 16.2. The zero-order valence-corrected chi connectivity index (χ0v) is 11.5. The van der Waals surface area contributed by atoms with Gasteiger partial charge < -0.3 is 10.6 Å². The number of carbonyl (C=O) groups excluding carboxylic acids is 1. The molecule has 1 aromatic rings. The van der Waals surface area contributed by atoms with Gasteiger partial charge >= 0.3 is 0 Å². The van der Waals surface area contributed by atoms with Crippen LogP contribution in [0.25, 0.3) is 0 Å². The molecule has 1 heterocycles. The molecule has 1 amide bonds. The van der Waals surface area contributed by atoms with Crippen LogP contribution in [0.4, 0.5) is 0 Å². The molecule has 1 fully saturated rings. The Morgan fingerprint density at radius 3 is 2.67 bits per heavy atom.